The summed E-state index contributed by atoms with van der Waals surface area (Å²) >= 11 is 0. The van der Waals surface area contributed by atoms with Crippen LogP contribution in [0.15, 0.2) is 56.4 Å². The van der Waals surface area contributed by atoms with Crippen molar-refractivity contribution in [3.63, 3.8) is 0 Å². The first kappa shape index (κ1) is 20.5. The number of nitrogens with zero attached hydrogens (tertiary/aromatic N) is 4. The van der Waals surface area contributed by atoms with Gasteiger partial charge in [-0.2, -0.15) is 9.98 Å². The van der Waals surface area contributed by atoms with Gasteiger partial charge in [0.25, 0.3) is 0 Å². The monoisotopic (exact) mass is 360 g/mol. The van der Waals surface area contributed by atoms with Crippen LogP contribution in [0.3, 0.4) is 0 Å². The van der Waals surface area contributed by atoms with Crippen LogP contribution < -0.4 is 0 Å². The molecule has 2 rings (SSSR count). The summed E-state index contributed by atoms with van der Waals surface area (Å²) in [5.41, 5.74) is 6.55. The van der Waals surface area contributed by atoms with E-state index >= 15 is 0 Å². The summed E-state index contributed by atoms with van der Waals surface area (Å²) < 4.78 is 0. The summed E-state index contributed by atoms with van der Waals surface area (Å²) in [6.07, 6.45) is 3.10. The third kappa shape index (κ3) is 6.79. The molecular formula is C23H28N4. The van der Waals surface area contributed by atoms with E-state index in [2.05, 4.69) is 83.9 Å². The van der Waals surface area contributed by atoms with Gasteiger partial charge in [0.1, 0.15) is 0 Å². The molecule has 0 bridgehead atoms. The van der Waals surface area contributed by atoms with E-state index in [-0.39, 0.29) is 0 Å². The molecule has 0 aromatic heterocycles. The maximum absolute atomic E-state index is 4.35. The number of para-hydroxylation sites is 2. The number of unbranched alkanes of at least 4 members (excludes halogenated alkanes) is 2. The zero-order valence-electron chi connectivity index (χ0n) is 16.8. The largest absolute Gasteiger partial charge is 0.225 e. The van der Waals surface area contributed by atoms with Crippen molar-refractivity contribution in [2.75, 3.05) is 13.1 Å². The van der Waals surface area contributed by atoms with Crippen LogP contribution in [0.5, 0.6) is 0 Å². The topological polar surface area (TPSA) is 49.4 Å². The van der Waals surface area contributed by atoms with Gasteiger partial charge in [0.05, 0.1) is 23.4 Å². The van der Waals surface area contributed by atoms with E-state index < -0.39 is 0 Å². The molecule has 27 heavy (non-hydrogen) atoms. The molecule has 2 aromatic carbocycles. The lowest BCUT2D eigenvalue weighted by molar-refractivity contribution is 0.698. The minimum absolute atomic E-state index is 0.745. The smallest absolute Gasteiger partial charge is 0.0949 e. The predicted molar refractivity (Wildman–Crippen MR) is 114 cm³/mol. The van der Waals surface area contributed by atoms with E-state index in [1.807, 2.05) is 12.1 Å². The summed E-state index contributed by atoms with van der Waals surface area (Å²) in [6, 6.07) is 17.9. The second-order valence-electron chi connectivity index (χ2n) is 6.73. The molecule has 0 N–H and O–H groups in total. The first-order valence-corrected chi connectivity index (χ1v) is 9.46. The summed E-state index contributed by atoms with van der Waals surface area (Å²) in [4.78, 5) is 17.2. The van der Waals surface area contributed by atoms with Gasteiger partial charge in [-0.25, -0.2) is 9.98 Å². The average molecular weight is 361 g/mol. The van der Waals surface area contributed by atoms with Crippen LogP contribution in [0.2, 0.25) is 0 Å². The van der Waals surface area contributed by atoms with Crippen molar-refractivity contribution in [3.8, 4) is 0 Å². The highest BCUT2D eigenvalue weighted by molar-refractivity contribution is 5.60. The minimum Gasteiger partial charge on any atom is -0.225 e. The Morgan fingerprint density at radius 2 is 0.963 bits per heavy atom. The number of benzene rings is 2. The van der Waals surface area contributed by atoms with E-state index in [0.717, 1.165) is 66.0 Å². The lowest BCUT2D eigenvalue weighted by Gasteiger charge is -2.00. The van der Waals surface area contributed by atoms with Gasteiger partial charge in [0.15, 0.2) is 0 Å². The molecule has 0 fully saturated rings. The third-order valence-corrected chi connectivity index (χ3v) is 4.38. The summed E-state index contributed by atoms with van der Waals surface area (Å²) in [5.74, 6) is 0. The molecule has 4 heteroatoms. The van der Waals surface area contributed by atoms with Crippen molar-refractivity contribution in [1.82, 2.24) is 0 Å². The molecule has 0 aliphatic carbocycles. The van der Waals surface area contributed by atoms with Gasteiger partial charge in [0.2, 0.25) is 0 Å². The Kier molecular flexibility index (Phi) is 8.38. The van der Waals surface area contributed by atoms with E-state index in [1.165, 1.54) is 0 Å². The minimum atomic E-state index is 0.745. The van der Waals surface area contributed by atoms with Gasteiger partial charge in [-0.1, -0.05) is 36.4 Å². The number of hydrogen-bond acceptors (Lipinski definition) is 4. The van der Waals surface area contributed by atoms with E-state index in [0.29, 0.717) is 0 Å². The molecule has 0 aliphatic rings. The van der Waals surface area contributed by atoms with E-state index in [4.69, 9.17) is 0 Å². The molecule has 4 nitrogen and oxygen atoms in total. The molecule has 0 aliphatic heterocycles. The highest BCUT2D eigenvalue weighted by Gasteiger charge is 1.98. The quantitative estimate of drug-likeness (QED) is 0.386. The van der Waals surface area contributed by atoms with Crippen molar-refractivity contribution in [3.05, 3.63) is 58.7 Å². The van der Waals surface area contributed by atoms with Crippen LogP contribution in [0.1, 0.15) is 41.5 Å². The Labute approximate surface area is 162 Å². The normalized spacial score (nSPS) is 9.93. The number of aryl methyl sites for hydroxylation is 4. The fourth-order valence-electron chi connectivity index (χ4n) is 2.79. The molecule has 0 radical (unpaired) electrons. The molecule has 0 saturated heterocycles. The van der Waals surface area contributed by atoms with E-state index in [1.54, 1.807) is 0 Å². The molecule has 0 heterocycles. The second kappa shape index (κ2) is 11.0. The second-order valence-corrected chi connectivity index (χ2v) is 6.73. The SMILES string of the molecule is Cc1cccc(C)c1N=C=NCCCCCN=C=Nc1c(C)cccc1C. The van der Waals surface area contributed by atoms with Crippen LogP contribution >= 0.6 is 0 Å². The lowest BCUT2D eigenvalue weighted by atomic mass is 10.1. The Bertz CT molecular complexity index is 769. The third-order valence-electron chi connectivity index (χ3n) is 4.38. The van der Waals surface area contributed by atoms with Crippen molar-refractivity contribution in [1.29, 1.82) is 0 Å². The van der Waals surface area contributed by atoms with Gasteiger partial charge < -0.3 is 0 Å². The molecule has 2 aromatic rings. The fraction of sp³-hybridized carbons (Fsp3) is 0.391. The Morgan fingerprint density at radius 3 is 1.33 bits per heavy atom. The maximum Gasteiger partial charge on any atom is 0.0949 e. The van der Waals surface area contributed by atoms with Crippen molar-refractivity contribution < 1.29 is 0 Å². The van der Waals surface area contributed by atoms with Crippen LogP contribution in [-0.4, -0.2) is 25.1 Å². The zero-order valence-corrected chi connectivity index (χ0v) is 16.8. The fourth-order valence-corrected chi connectivity index (χ4v) is 2.79. The molecule has 0 saturated carbocycles. The first-order chi connectivity index (χ1) is 13.1. The Morgan fingerprint density at radius 1 is 0.593 bits per heavy atom. The zero-order chi connectivity index (χ0) is 19.5. The summed E-state index contributed by atoms with van der Waals surface area (Å²) in [7, 11) is 0. The average Bonchev–Trinajstić information content (AvgIpc) is 2.63. The van der Waals surface area contributed by atoms with Crippen molar-refractivity contribution in [2.24, 2.45) is 20.0 Å². The maximum atomic E-state index is 4.35. The highest BCUT2D eigenvalue weighted by atomic mass is 14.8. The molecule has 0 unspecified atom stereocenters. The Hall–Kier alpha value is -2.80. The number of rotatable bonds is 8. The molecule has 0 spiro atoms. The van der Waals surface area contributed by atoms with Crippen molar-refractivity contribution in [2.45, 2.75) is 47.0 Å². The molecule has 0 atom stereocenters. The Balaban J connectivity index is 1.69. The standard InChI is InChI=1S/C23H28N4/c1-18-10-8-11-19(2)22(18)26-16-24-14-6-5-7-15-25-17-27-23-20(3)12-9-13-21(23)4/h8-13H,5-7,14-15H2,1-4H3. The summed E-state index contributed by atoms with van der Waals surface area (Å²) in [5, 5.41) is 0. The number of hydrogen-bond donors (Lipinski definition) is 0. The molecular weight excluding hydrogens is 332 g/mol. The number of aliphatic imine (C=N–C) groups is 4. The lowest BCUT2D eigenvalue weighted by Crippen LogP contribution is -1.85. The van der Waals surface area contributed by atoms with Gasteiger partial charge >= 0.3 is 0 Å². The van der Waals surface area contributed by atoms with Gasteiger partial charge in [-0.05, 0) is 69.2 Å². The van der Waals surface area contributed by atoms with Crippen molar-refractivity contribution >= 4 is 23.4 Å². The van der Waals surface area contributed by atoms with E-state index in [9.17, 15) is 0 Å². The highest BCUT2D eigenvalue weighted by Crippen LogP contribution is 2.22. The molecule has 0 amide bonds. The summed E-state index contributed by atoms with van der Waals surface area (Å²) in [6.45, 7) is 9.70. The van der Waals surface area contributed by atoms with Gasteiger partial charge in [0, 0.05) is 13.1 Å². The van der Waals surface area contributed by atoms with Crippen LogP contribution in [0, 0.1) is 27.7 Å². The van der Waals surface area contributed by atoms with Gasteiger partial charge in [-0.15, -0.1) is 0 Å². The molecule has 140 valence electrons. The first-order valence-electron chi connectivity index (χ1n) is 9.46. The predicted octanol–water partition coefficient (Wildman–Crippen LogP) is 6.40. The van der Waals surface area contributed by atoms with Crippen LogP contribution in [-0.2, 0) is 0 Å². The van der Waals surface area contributed by atoms with Gasteiger partial charge in [-0.3, -0.25) is 0 Å². The van der Waals surface area contributed by atoms with Crippen LogP contribution in [0.25, 0.3) is 0 Å². The van der Waals surface area contributed by atoms with Crippen LogP contribution in [0.4, 0.5) is 11.4 Å².